The molecule has 1 aromatic rings. The van der Waals surface area contributed by atoms with Gasteiger partial charge in [0.25, 0.3) is 0 Å². The van der Waals surface area contributed by atoms with Crippen LogP contribution < -0.4 is 0 Å². The monoisotopic (exact) mass is 281 g/mol. The van der Waals surface area contributed by atoms with Crippen LogP contribution in [0.4, 0.5) is 5.69 Å². The van der Waals surface area contributed by atoms with Crippen molar-refractivity contribution in [2.75, 3.05) is 6.61 Å². The van der Waals surface area contributed by atoms with Gasteiger partial charge in [0.1, 0.15) is 6.20 Å². The van der Waals surface area contributed by atoms with Crippen LogP contribution in [0.3, 0.4) is 0 Å². The van der Waals surface area contributed by atoms with Crippen molar-refractivity contribution in [3.63, 3.8) is 0 Å². The minimum Gasteiger partial charge on any atom is -0.476 e. The molecular formula is C12H15N3O5. The lowest BCUT2D eigenvalue weighted by atomic mass is 9.74. The highest BCUT2D eigenvalue weighted by Crippen LogP contribution is 2.45. The van der Waals surface area contributed by atoms with Gasteiger partial charge in [0.05, 0.1) is 16.6 Å². The number of nitro groups is 1. The molecule has 1 aliphatic heterocycles. The number of carboxylic acids is 1. The lowest BCUT2D eigenvalue weighted by molar-refractivity contribution is -0.385. The van der Waals surface area contributed by atoms with E-state index in [0.29, 0.717) is 13.0 Å². The van der Waals surface area contributed by atoms with Crippen molar-refractivity contribution in [1.82, 2.24) is 9.78 Å². The Hall–Kier alpha value is -1.96. The molecule has 2 fully saturated rings. The summed E-state index contributed by atoms with van der Waals surface area (Å²) in [4.78, 5) is 21.2. The summed E-state index contributed by atoms with van der Waals surface area (Å²) in [5, 5.41) is 23.8. The molecule has 108 valence electrons. The van der Waals surface area contributed by atoms with Gasteiger partial charge in [-0.15, -0.1) is 0 Å². The van der Waals surface area contributed by atoms with E-state index in [-0.39, 0.29) is 11.6 Å². The zero-order chi connectivity index (χ0) is 14.3. The summed E-state index contributed by atoms with van der Waals surface area (Å²) in [5.41, 5.74) is -1.07. The number of hydrogen-bond acceptors (Lipinski definition) is 5. The van der Waals surface area contributed by atoms with Crippen LogP contribution in [0.2, 0.25) is 0 Å². The van der Waals surface area contributed by atoms with Gasteiger partial charge in [0, 0.05) is 6.61 Å². The highest BCUT2D eigenvalue weighted by molar-refractivity contribution is 5.89. The third kappa shape index (κ3) is 2.05. The molecule has 1 saturated heterocycles. The van der Waals surface area contributed by atoms with Crippen molar-refractivity contribution in [3.8, 4) is 0 Å². The van der Waals surface area contributed by atoms with E-state index in [2.05, 4.69) is 5.10 Å². The summed E-state index contributed by atoms with van der Waals surface area (Å²) >= 11 is 0. The lowest BCUT2D eigenvalue weighted by Gasteiger charge is -2.47. The standard InChI is InChI=1S/C12H15N3O5/c16-11(17)10-9(15(18)19)7-14(13-10)8-2-5-20-12(6-8)3-1-4-12/h7-8H,1-6H2,(H,16,17). The molecule has 0 radical (unpaired) electrons. The van der Waals surface area contributed by atoms with Crippen LogP contribution in [0.15, 0.2) is 6.20 Å². The molecule has 2 aliphatic rings. The fourth-order valence-electron chi connectivity index (χ4n) is 3.00. The molecule has 1 spiro atoms. The Morgan fingerprint density at radius 3 is 2.85 bits per heavy atom. The van der Waals surface area contributed by atoms with Gasteiger partial charge in [0.15, 0.2) is 0 Å². The van der Waals surface area contributed by atoms with Gasteiger partial charge >= 0.3 is 11.7 Å². The Labute approximate surface area is 114 Å². The van der Waals surface area contributed by atoms with E-state index in [4.69, 9.17) is 9.84 Å². The third-order valence-electron chi connectivity index (χ3n) is 4.22. The number of aromatic carboxylic acids is 1. The van der Waals surface area contributed by atoms with Crippen LogP contribution in [0, 0.1) is 10.1 Å². The van der Waals surface area contributed by atoms with Crippen LogP contribution in [0.25, 0.3) is 0 Å². The summed E-state index contributed by atoms with van der Waals surface area (Å²) in [7, 11) is 0. The van der Waals surface area contributed by atoms with Gasteiger partial charge in [-0.25, -0.2) is 4.79 Å². The van der Waals surface area contributed by atoms with Crippen LogP contribution in [0.1, 0.15) is 48.6 Å². The minimum atomic E-state index is -1.37. The Balaban J connectivity index is 1.88. The van der Waals surface area contributed by atoms with E-state index in [1.54, 1.807) is 0 Å². The maximum atomic E-state index is 11.0. The zero-order valence-corrected chi connectivity index (χ0v) is 10.8. The SMILES string of the molecule is O=C(O)c1nn(C2CCOC3(CCC3)C2)cc1[N+](=O)[O-]. The maximum absolute atomic E-state index is 11.0. The molecule has 8 nitrogen and oxygen atoms in total. The number of aromatic nitrogens is 2. The van der Waals surface area contributed by atoms with Gasteiger partial charge in [-0.1, -0.05) is 0 Å². The molecule has 0 amide bonds. The van der Waals surface area contributed by atoms with Gasteiger partial charge in [-0.2, -0.15) is 5.10 Å². The number of rotatable bonds is 3. The van der Waals surface area contributed by atoms with E-state index in [0.717, 1.165) is 25.7 Å². The van der Waals surface area contributed by atoms with Crippen molar-refractivity contribution < 1.29 is 19.6 Å². The molecule has 8 heteroatoms. The summed E-state index contributed by atoms with van der Waals surface area (Å²) in [6.45, 7) is 0.584. The number of carboxylic acid groups (broad SMARTS) is 1. The molecule has 1 aliphatic carbocycles. The van der Waals surface area contributed by atoms with Gasteiger partial charge in [0.2, 0.25) is 5.69 Å². The highest BCUT2D eigenvalue weighted by Gasteiger charge is 2.43. The number of nitrogens with zero attached hydrogens (tertiary/aromatic N) is 3. The zero-order valence-electron chi connectivity index (χ0n) is 10.8. The quantitative estimate of drug-likeness (QED) is 0.668. The van der Waals surface area contributed by atoms with Crippen molar-refractivity contribution in [3.05, 3.63) is 22.0 Å². The molecular weight excluding hydrogens is 266 g/mol. The molecule has 1 aromatic heterocycles. The summed E-state index contributed by atoms with van der Waals surface area (Å²) < 4.78 is 7.23. The van der Waals surface area contributed by atoms with Crippen LogP contribution in [-0.4, -0.2) is 38.0 Å². The number of carbonyl (C=O) groups is 1. The second-order valence-electron chi connectivity index (χ2n) is 5.44. The maximum Gasteiger partial charge on any atom is 0.363 e. The summed E-state index contributed by atoms with van der Waals surface area (Å²) in [5.74, 6) is -1.37. The van der Waals surface area contributed by atoms with Crippen molar-refractivity contribution in [1.29, 1.82) is 0 Å². The van der Waals surface area contributed by atoms with E-state index < -0.39 is 22.3 Å². The molecule has 1 unspecified atom stereocenters. The summed E-state index contributed by atoms with van der Waals surface area (Å²) in [6, 6.07) is -0.0316. The second-order valence-corrected chi connectivity index (χ2v) is 5.44. The Bertz CT molecular complexity index is 532. The highest BCUT2D eigenvalue weighted by atomic mass is 16.6. The average Bonchev–Trinajstić information content (AvgIpc) is 2.82. The first-order valence-corrected chi connectivity index (χ1v) is 6.62. The van der Waals surface area contributed by atoms with Crippen molar-refractivity contribution in [2.45, 2.75) is 43.7 Å². The molecule has 1 saturated carbocycles. The predicted molar refractivity (Wildman–Crippen MR) is 66.6 cm³/mol. The van der Waals surface area contributed by atoms with E-state index in [1.807, 2.05) is 0 Å². The molecule has 0 bridgehead atoms. The van der Waals surface area contributed by atoms with E-state index in [9.17, 15) is 14.9 Å². The Kier molecular flexibility index (Phi) is 2.97. The van der Waals surface area contributed by atoms with Gasteiger partial charge < -0.3 is 9.84 Å². The molecule has 1 atom stereocenters. The van der Waals surface area contributed by atoms with Crippen LogP contribution in [-0.2, 0) is 4.74 Å². The Morgan fingerprint density at radius 2 is 2.35 bits per heavy atom. The largest absolute Gasteiger partial charge is 0.476 e. The van der Waals surface area contributed by atoms with E-state index in [1.165, 1.54) is 10.9 Å². The normalized spacial score (nSPS) is 24.3. The van der Waals surface area contributed by atoms with Crippen LogP contribution >= 0.6 is 0 Å². The third-order valence-corrected chi connectivity index (χ3v) is 4.22. The van der Waals surface area contributed by atoms with Crippen molar-refractivity contribution in [2.24, 2.45) is 0 Å². The first-order valence-electron chi connectivity index (χ1n) is 6.62. The smallest absolute Gasteiger partial charge is 0.363 e. The fourth-order valence-corrected chi connectivity index (χ4v) is 3.00. The molecule has 3 rings (SSSR count). The van der Waals surface area contributed by atoms with E-state index >= 15 is 0 Å². The minimum absolute atomic E-state index is 0.0316. The summed E-state index contributed by atoms with van der Waals surface area (Å²) in [6.07, 6.45) is 5.79. The fraction of sp³-hybridized carbons (Fsp3) is 0.667. The van der Waals surface area contributed by atoms with Gasteiger partial charge in [-0.05, 0) is 32.1 Å². The first kappa shape index (κ1) is 13.0. The molecule has 1 N–H and O–H groups in total. The second kappa shape index (κ2) is 4.55. The first-order chi connectivity index (χ1) is 9.51. The number of ether oxygens (including phenoxy) is 1. The van der Waals surface area contributed by atoms with Crippen LogP contribution in [0.5, 0.6) is 0 Å². The van der Waals surface area contributed by atoms with Crippen molar-refractivity contribution >= 4 is 11.7 Å². The number of hydrogen-bond donors (Lipinski definition) is 1. The Morgan fingerprint density at radius 1 is 1.60 bits per heavy atom. The topological polar surface area (TPSA) is 107 Å². The predicted octanol–water partition coefficient (Wildman–Crippen LogP) is 1.76. The molecule has 0 aromatic carbocycles. The average molecular weight is 281 g/mol. The van der Waals surface area contributed by atoms with Gasteiger partial charge in [-0.3, -0.25) is 14.8 Å². The lowest BCUT2D eigenvalue weighted by Crippen LogP contribution is -2.46. The molecule has 2 heterocycles. The molecule has 20 heavy (non-hydrogen) atoms.